The molecule has 1 saturated heterocycles. The van der Waals surface area contributed by atoms with Crippen molar-refractivity contribution in [2.75, 3.05) is 18.0 Å². The highest BCUT2D eigenvalue weighted by molar-refractivity contribution is 6.29. The topological polar surface area (TPSA) is 67.3 Å². The third kappa shape index (κ3) is 5.02. The van der Waals surface area contributed by atoms with E-state index in [4.69, 9.17) is 16.3 Å². The van der Waals surface area contributed by atoms with Gasteiger partial charge >= 0.3 is 6.09 Å². The Morgan fingerprint density at radius 2 is 2.27 bits per heavy atom. The zero-order valence-electron chi connectivity index (χ0n) is 13.3. The second-order valence-corrected chi connectivity index (χ2v) is 6.79. The molecule has 1 aromatic heterocycles. The number of hydrogen-bond acceptors (Lipinski definition) is 5. The zero-order chi connectivity index (χ0) is 16.2. The van der Waals surface area contributed by atoms with E-state index in [0.29, 0.717) is 17.6 Å². The van der Waals surface area contributed by atoms with Gasteiger partial charge in [0, 0.05) is 25.3 Å². The lowest BCUT2D eigenvalue weighted by molar-refractivity contribution is 0.0522. The van der Waals surface area contributed by atoms with Gasteiger partial charge in [0.05, 0.1) is 0 Å². The van der Waals surface area contributed by atoms with E-state index in [1.807, 2.05) is 20.8 Å². The largest absolute Gasteiger partial charge is 0.444 e. The van der Waals surface area contributed by atoms with Crippen molar-refractivity contribution in [3.8, 4) is 0 Å². The fourth-order valence-electron chi connectivity index (χ4n) is 2.46. The summed E-state index contributed by atoms with van der Waals surface area (Å²) in [6.07, 6.45) is 4.44. The Hall–Kier alpha value is -1.56. The summed E-state index contributed by atoms with van der Waals surface area (Å²) in [5, 5.41) is 3.26. The molecule has 0 saturated carbocycles. The molecule has 0 bridgehead atoms. The normalized spacial score (nSPS) is 18.9. The molecule has 0 unspecified atom stereocenters. The molecule has 22 heavy (non-hydrogen) atoms. The van der Waals surface area contributed by atoms with Crippen molar-refractivity contribution in [2.24, 2.45) is 0 Å². The predicted molar refractivity (Wildman–Crippen MR) is 86.3 cm³/mol. The molecule has 1 aliphatic rings. The maximum absolute atomic E-state index is 11.8. The number of rotatable bonds is 3. The average Bonchev–Trinajstić information content (AvgIpc) is 2.44. The first-order valence-corrected chi connectivity index (χ1v) is 7.95. The number of carbonyl (C=O) groups excluding carboxylic acids is 1. The Morgan fingerprint density at radius 1 is 1.50 bits per heavy atom. The molecule has 0 spiro atoms. The first-order valence-electron chi connectivity index (χ1n) is 7.57. The molecule has 6 nitrogen and oxygen atoms in total. The van der Waals surface area contributed by atoms with Crippen LogP contribution in [-0.2, 0) is 4.74 Å². The summed E-state index contributed by atoms with van der Waals surface area (Å²) in [7, 11) is 0. The molecule has 1 fully saturated rings. The third-order valence-corrected chi connectivity index (χ3v) is 3.58. The molecule has 0 aromatic carbocycles. The molecule has 1 atom stereocenters. The highest BCUT2D eigenvalue weighted by Crippen LogP contribution is 2.22. The van der Waals surface area contributed by atoms with Gasteiger partial charge in [-0.05, 0) is 46.1 Å². The smallest absolute Gasteiger partial charge is 0.407 e. The third-order valence-electron chi connectivity index (χ3n) is 3.37. The minimum atomic E-state index is -0.494. The van der Waals surface area contributed by atoms with Gasteiger partial charge in [0.2, 0.25) is 5.95 Å². The highest BCUT2D eigenvalue weighted by Gasteiger charge is 2.26. The Bertz CT molecular complexity index is 519. The average molecular weight is 327 g/mol. The number of carbonyl (C=O) groups is 1. The van der Waals surface area contributed by atoms with Crippen LogP contribution < -0.4 is 10.2 Å². The van der Waals surface area contributed by atoms with Crippen molar-refractivity contribution in [3.63, 3.8) is 0 Å². The second-order valence-electron chi connectivity index (χ2n) is 6.41. The van der Waals surface area contributed by atoms with Crippen LogP contribution >= 0.6 is 11.6 Å². The zero-order valence-corrected chi connectivity index (χ0v) is 14.1. The molecular weight excluding hydrogens is 304 g/mol. The molecule has 1 aliphatic heterocycles. The number of alkyl carbamates (subject to hydrolysis) is 1. The van der Waals surface area contributed by atoms with Crippen molar-refractivity contribution >= 4 is 23.6 Å². The molecule has 0 radical (unpaired) electrons. The van der Waals surface area contributed by atoms with Gasteiger partial charge in [0.25, 0.3) is 0 Å². The molecule has 7 heteroatoms. The van der Waals surface area contributed by atoms with Crippen molar-refractivity contribution in [1.82, 2.24) is 15.3 Å². The van der Waals surface area contributed by atoms with Crippen molar-refractivity contribution in [1.29, 1.82) is 0 Å². The van der Waals surface area contributed by atoms with Crippen LogP contribution in [0.25, 0.3) is 0 Å². The van der Waals surface area contributed by atoms with Gasteiger partial charge in [0.15, 0.2) is 0 Å². The van der Waals surface area contributed by atoms with Crippen molar-refractivity contribution in [2.45, 2.75) is 51.7 Å². The van der Waals surface area contributed by atoms with Crippen LogP contribution in [0.5, 0.6) is 0 Å². The van der Waals surface area contributed by atoms with Gasteiger partial charge in [-0.3, -0.25) is 0 Å². The number of piperidine rings is 1. The lowest BCUT2D eigenvalue weighted by Crippen LogP contribution is -2.48. The van der Waals surface area contributed by atoms with Gasteiger partial charge < -0.3 is 15.0 Å². The predicted octanol–water partition coefficient (Wildman–Crippen LogP) is 3.01. The number of anilines is 1. The molecule has 0 aliphatic carbocycles. The minimum absolute atomic E-state index is 0.153. The van der Waals surface area contributed by atoms with Crippen molar-refractivity contribution < 1.29 is 9.53 Å². The van der Waals surface area contributed by atoms with E-state index in [-0.39, 0.29) is 6.04 Å². The summed E-state index contributed by atoms with van der Waals surface area (Å²) in [5.41, 5.74) is -0.494. The van der Waals surface area contributed by atoms with E-state index in [0.717, 1.165) is 25.8 Å². The summed E-state index contributed by atoms with van der Waals surface area (Å²) in [6.45, 7) is 6.91. The number of halogens is 1. The molecule has 2 rings (SSSR count). The van der Waals surface area contributed by atoms with Crippen LogP contribution in [0.15, 0.2) is 12.3 Å². The Balaban J connectivity index is 1.97. The van der Waals surface area contributed by atoms with Crippen LogP contribution in [0.1, 0.15) is 40.0 Å². The lowest BCUT2D eigenvalue weighted by atomic mass is 10.0. The van der Waals surface area contributed by atoms with E-state index in [2.05, 4.69) is 20.2 Å². The van der Waals surface area contributed by atoms with Gasteiger partial charge in [0.1, 0.15) is 10.8 Å². The quantitative estimate of drug-likeness (QED) is 0.865. The standard InChI is InChI=1S/C15H23ClN4O2/c1-15(2,3)22-14(21)18-10-11-6-4-5-9-20(11)13-17-8-7-12(16)19-13/h7-8,11H,4-6,9-10H2,1-3H3,(H,18,21)/t11-/m1/s1. The number of hydrogen-bond donors (Lipinski definition) is 1. The molecular formula is C15H23ClN4O2. The first kappa shape index (κ1) is 16.8. The fraction of sp³-hybridized carbons (Fsp3) is 0.667. The number of nitrogens with one attached hydrogen (secondary N) is 1. The first-order chi connectivity index (χ1) is 10.3. The summed E-state index contributed by atoms with van der Waals surface area (Å²) in [6, 6.07) is 1.81. The van der Waals surface area contributed by atoms with E-state index < -0.39 is 11.7 Å². The van der Waals surface area contributed by atoms with Crippen molar-refractivity contribution in [3.05, 3.63) is 17.4 Å². The molecule has 1 N–H and O–H groups in total. The van der Waals surface area contributed by atoms with Crippen LogP contribution in [0.4, 0.5) is 10.7 Å². The summed E-state index contributed by atoms with van der Waals surface area (Å²) in [5.74, 6) is 0.614. The van der Waals surface area contributed by atoms with Gasteiger partial charge in [-0.25, -0.2) is 14.8 Å². The molecule has 2 heterocycles. The van der Waals surface area contributed by atoms with Crippen LogP contribution in [0.3, 0.4) is 0 Å². The number of aromatic nitrogens is 2. The lowest BCUT2D eigenvalue weighted by Gasteiger charge is -2.36. The SMILES string of the molecule is CC(C)(C)OC(=O)NC[C@H]1CCCCN1c1nccc(Cl)n1. The number of ether oxygens (including phenoxy) is 1. The summed E-state index contributed by atoms with van der Waals surface area (Å²) < 4.78 is 5.27. The van der Waals surface area contributed by atoms with Crippen LogP contribution in [0, 0.1) is 0 Å². The molecule has 1 amide bonds. The summed E-state index contributed by atoms with van der Waals surface area (Å²) in [4.78, 5) is 22.5. The Kier molecular flexibility index (Phi) is 5.45. The van der Waals surface area contributed by atoms with Gasteiger partial charge in [-0.1, -0.05) is 11.6 Å². The minimum Gasteiger partial charge on any atom is -0.444 e. The monoisotopic (exact) mass is 326 g/mol. The number of amides is 1. The summed E-state index contributed by atoms with van der Waals surface area (Å²) >= 11 is 5.94. The van der Waals surface area contributed by atoms with Crippen LogP contribution in [0.2, 0.25) is 5.15 Å². The maximum Gasteiger partial charge on any atom is 0.407 e. The van der Waals surface area contributed by atoms with Gasteiger partial charge in [-0.15, -0.1) is 0 Å². The van der Waals surface area contributed by atoms with E-state index in [1.54, 1.807) is 12.3 Å². The number of nitrogens with zero attached hydrogens (tertiary/aromatic N) is 3. The Labute approximate surface area is 136 Å². The van der Waals surface area contributed by atoms with E-state index in [9.17, 15) is 4.79 Å². The highest BCUT2D eigenvalue weighted by atomic mass is 35.5. The molecule has 1 aromatic rings. The molecule has 122 valence electrons. The van der Waals surface area contributed by atoms with E-state index >= 15 is 0 Å². The second kappa shape index (κ2) is 7.13. The van der Waals surface area contributed by atoms with Crippen LogP contribution in [-0.4, -0.2) is 40.8 Å². The maximum atomic E-state index is 11.8. The Morgan fingerprint density at radius 3 is 2.95 bits per heavy atom. The van der Waals surface area contributed by atoms with E-state index in [1.165, 1.54) is 0 Å². The fourth-order valence-corrected chi connectivity index (χ4v) is 2.59. The van der Waals surface area contributed by atoms with Gasteiger partial charge in [-0.2, -0.15) is 0 Å².